The molecule has 6 nitrogen and oxygen atoms in total. The predicted octanol–water partition coefficient (Wildman–Crippen LogP) is 2.43. The third-order valence-electron chi connectivity index (χ3n) is 3.39. The maximum absolute atomic E-state index is 12.4. The summed E-state index contributed by atoms with van der Waals surface area (Å²) in [5, 5.41) is 0.550. The number of hydrogen-bond acceptors (Lipinski definition) is 6. The van der Waals surface area contributed by atoms with Crippen LogP contribution in [-0.4, -0.2) is 35.3 Å². The Hall–Kier alpha value is -1.73. The maximum atomic E-state index is 12.4. The van der Waals surface area contributed by atoms with Crippen molar-refractivity contribution in [3.8, 4) is 0 Å². The van der Waals surface area contributed by atoms with Gasteiger partial charge in [-0.3, -0.25) is 14.2 Å². The molecule has 0 N–H and O–H groups in total. The first-order chi connectivity index (χ1) is 11.0. The number of esters is 1. The Balaban J connectivity index is 1.96. The van der Waals surface area contributed by atoms with Gasteiger partial charge in [-0.25, -0.2) is 4.98 Å². The first-order valence-corrected chi connectivity index (χ1v) is 8.55. The second kappa shape index (κ2) is 8.21. The van der Waals surface area contributed by atoms with E-state index >= 15 is 0 Å². The lowest BCUT2D eigenvalue weighted by Crippen LogP contribution is -2.28. The lowest BCUT2D eigenvalue weighted by Gasteiger charge is -2.09. The zero-order chi connectivity index (χ0) is 16.8. The molecule has 2 aromatic rings. The molecule has 2 rings (SSSR count). The number of thiophene rings is 1. The van der Waals surface area contributed by atoms with Crippen molar-refractivity contribution in [1.29, 1.82) is 0 Å². The summed E-state index contributed by atoms with van der Waals surface area (Å²) in [5.41, 5.74) is -0.201. The summed E-state index contributed by atoms with van der Waals surface area (Å²) in [6.07, 6.45) is 2.06. The number of nitrogens with zero attached hydrogens (tertiary/aromatic N) is 2. The fraction of sp³-hybridized carbons (Fsp3) is 0.562. The van der Waals surface area contributed by atoms with E-state index in [0.717, 1.165) is 17.7 Å². The molecule has 0 radical (unpaired) electrons. The molecule has 0 unspecified atom stereocenters. The molecule has 0 amide bonds. The molecule has 0 aliphatic carbocycles. The number of aromatic nitrogens is 2. The summed E-state index contributed by atoms with van der Waals surface area (Å²) in [5.74, 6) is 0.0582. The molecule has 0 saturated heterocycles. The van der Waals surface area contributed by atoms with E-state index in [1.807, 2.05) is 6.92 Å². The standard InChI is InChI=1S/C16H22N2O4S/c1-4-5-6-21-7-8-22-14(19)10-18-12(3)17-15-13(16(18)20)9-11(2)23-15/h9H,4-8,10H2,1-3H3. The third kappa shape index (κ3) is 4.62. The molecule has 0 atom stereocenters. The van der Waals surface area contributed by atoms with Crippen LogP contribution in [0.15, 0.2) is 10.9 Å². The van der Waals surface area contributed by atoms with Gasteiger partial charge in [0.2, 0.25) is 0 Å². The Morgan fingerprint density at radius 3 is 2.83 bits per heavy atom. The fourth-order valence-electron chi connectivity index (χ4n) is 2.16. The number of fused-ring (bicyclic) bond motifs is 1. The average molecular weight is 338 g/mol. The minimum atomic E-state index is -0.456. The molecule has 23 heavy (non-hydrogen) atoms. The molecule has 0 fully saturated rings. The van der Waals surface area contributed by atoms with Gasteiger partial charge in [-0.15, -0.1) is 11.3 Å². The Kier molecular flexibility index (Phi) is 6.29. The van der Waals surface area contributed by atoms with Crippen molar-refractivity contribution in [3.05, 3.63) is 27.1 Å². The number of aryl methyl sites for hydroxylation is 2. The number of carbonyl (C=O) groups excluding carboxylic acids is 1. The van der Waals surface area contributed by atoms with Gasteiger partial charge >= 0.3 is 5.97 Å². The van der Waals surface area contributed by atoms with Gasteiger partial charge < -0.3 is 9.47 Å². The Morgan fingerprint density at radius 2 is 2.09 bits per heavy atom. The van der Waals surface area contributed by atoms with Crippen LogP contribution in [0.1, 0.15) is 30.5 Å². The van der Waals surface area contributed by atoms with Crippen LogP contribution in [0.2, 0.25) is 0 Å². The van der Waals surface area contributed by atoms with Crippen molar-refractivity contribution in [2.45, 2.75) is 40.2 Å². The van der Waals surface area contributed by atoms with Gasteiger partial charge in [-0.1, -0.05) is 13.3 Å². The van der Waals surface area contributed by atoms with E-state index in [-0.39, 0.29) is 18.7 Å². The normalized spacial score (nSPS) is 11.1. The molecule has 2 aromatic heterocycles. The van der Waals surface area contributed by atoms with E-state index in [4.69, 9.17) is 9.47 Å². The van der Waals surface area contributed by atoms with E-state index in [9.17, 15) is 9.59 Å². The second-order valence-electron chi connectivity index (χ2n) is 5.31. The smallest absolute Gasteiger partial charge is 0.326 e. The van der Waals surface area contributed by atoms with Crippen LogP contribution in [0.25, 0.3) is 10.2 Å². The number of hydrogen-bond donors (Lipinski definition) is 0. The van der Waals surface area contributed by atoms with Crippen LogP contribution in [0.3, 0.4) is 0 Å². The molecule has 0 aliphatic rings. The summed E-state index contributed by atoms with van der Waals surface area (Å²) >= 11 is 1.47. The maximum Gasteiger partial charge on any atom is 0.326 e. The van der Waals surface area contributed by atoms with Crippen LogP contribution in [0.5, 0.6) is 0 Å². The van der Waals surface area contributed by atoms with Crippen LogP contribution in [0, 0.1) is 13.8 Å². The van der Waals surface area contributed by atoms with Crippen molar-refractivity contribution in [1.82, 2.24) is 9.55 Å². The Morgan fingerprint density at radius 1 is 1.30 bits per heavy atom. The van der Waals surface area contributed by atoms with Gasteiger partial charge in [-0.2, -0.15) is 0 Å². The minimum absolute atomic E-state index is 0.128. The number of unbranched alkanes of at least 4 members (excludes halogenated alkanes) is 1. The van der Waals surface area contributed by atoms with Crippen molar-refractivity contribution >= 4 is 27.5 Å². The van der Waals surface area contributed by atoms with E-state index in [0.29, 0.717) is 29.3 Å². The first kappa shape index (κ1) is 17.6. The third-order valence-corrected chi connectivity index (χ3v) is 4.33. The molecule has 0 bridgehead atoms. The summed E-state index contributed by atoms with van der Waals surface area (Å²) in [6.45, 7) is 6.85. The SMILES string of the molecule is CCCCOCCOC(=O)Cn1c(C)nc2sc(C)cc2c1=O. The van der Waals surface area contributed by atoms with Crippen LogP contribution in [-0.2, 0) is 20.8 Å². The van der Waals surface area contributed by atoms with E-state index in [1.54, 1.807) is 13.0 Å². The number of carbonyl (C=O) groups is 1. The Labute approximate surface area is 139 Å². The van der Waals surface area contributed by atoms with Gasteiger partial charge in [-0.05, 0) is 26.3 Å². The van der Waals surface area contributed by atoms with Crippen molar-refractivity contribution < 1.29 is 14.3 Å². The molecule has 7 heteroatoms. The van der Waals surface area contributed by atoms with E-state index < -0.39 is 5.97 Å². The minimum Gasteiger partial charge on any atom is -0.462 e. The highest BCUT2D eigenvalue weighted by Crippen LogP contribution is 2.20. The highest BCUT2D eigenvalue weighted by atomic mass is 32.1. The highest BCUT2D eigenvalue weighted by molar-refractivity contribution is 7.18. The van der Waals surface area contributed by atoms with Gasteiger partial charge in [0.25, 0.3) is 5.56 Å². The van der Waals surface area contributed by atoms with Gasteiger partial charge in [0.15, 0.2) is 0 Å². The van der Waals surface area contributed by atoms with E-state index in [1.165, 1.54) is 15.9 Å². The molecule has 126 valence electrons. The van der Waals surface area contributed by atoms with Gasteiger partial charge in [0, 0.05) is 11.5 Å². The van der Waals surface area contributed by atoms with Crippen molar-refractivity contribution in [2.75, 3.05) is 19.8 Å². The molecule has 0 aromatic carbocycles. The zero-order valence-electron chi connectivity index (χ0n) is 13.8. The molecule has 0 spiro atoms. The number of ether oxygens (including phenoxy) is 2. The summed E-state index contributed by atoms with van der Waals surface area (Å²) < 4.78 is 11.8. The second-order valence-corrected chi connectivity index (χ2v) is 6.55. The zero-order valence-corrected chi connectivity index (χ0v) is 14.6. The van der Waals surface area contributed by atoms with E-state index in [2.05, 4.69) is 11.9 Å². The number of rotatable bonds is 8. The highest BCUT2D eigenvalue weighted by Gasteiger charge is 2.14. The first-order valence-electron chi connectivity index (χ1n) is 7.74. The monoisotopic (exact) mass is 338 g/mol. The fourth-order valence-corrected chi connectivity index (χ4v) is 3.08. The van der Waals surface area contributed by atoms with Gasteiger partial charge in [0.1, 0.15) is 23.8 Å². The molecular formula is C16H22N2O4S. The van der Waals surface area contributed by atoms with Crippen molar-refractivity contribution in [3.63, 3.8) is 0 Å². The van der Waals surface area contributed by atoms with Gasteiger partial charge in [0.05, 0.1) is 12.0 Å². The Bertz CT molecular complexity index is 735. The van der Waals surface area contributed by atoms with Crippen molar-refractivity contribution in [2.24, 2.45) is 0 Å². The van der Waals surface area contributed by atoms with Crippen LogP contribution in [0.4, 0.5) is 0 Å². The predicted molar refractivity (Wildman–Crippen MR) is 90.0 cm³/mol. The summed E-state index contributed by atoms with van der Waals surface area (Å²) in [4.78, 5) is 30.4. The molecule has 0 saturated carbocycles. The van der Waals surface area contributed by atoms with Crippen LogP contribution < -0.4 is 5.56 Å². The summed E-state index contributed by atoms with van der Waals surface area (Å²) in [7, 11) is 0. The lowest BCUT2D eigenvalue weighted by molar-refractivity contribution is -0.146. The summed E-state index contributed by atoms with van der Waals surface area (Å²) in [6, 6.07) is 1.80. The lowest BCUT2D eigenvalue weighted by atomic mass is 10.3. The molecule has 0 aliphatic heterocycles. The van der Waals surface area contributed by atoms with Crippen LogP contribution >= 0.6 is 11.3 Å². The topological polar surface area (TPSA) is 70.4 Å². The molecule has 2 heterocycles. The quantitative estimate of drug-likeness (QED) is 0.546. The average Bonchev–Trinajstić information content (AvgIpc) is 2.87. The molecular weight excluding hydrogens is 316 g/mol. The largest absolute Gasteiger partial charge is 0.462 e.